The summed E-state index contributed by atoms with van der Waals surface area (Å²) in [5.74, 6) is 0.306. The van der Waals surface area contributed by atoms with Crippen molar-refractivity contribution < 1.29 is 4.79 Å². The van der Waals surface area contributed by atoms with Gasteiger partial charge >= 0.3 is 6.03 Å². The second-order valence-corrected chi connectivity index (χ2v) is 7.21. The minimum absolute atomic E-state index is 0.0399. The Morgan fingerprint density at radius 1 is 1.26 bits per heavy atom. The van der Waals surface area contributed by atoms with Gasteiger partial charge in [-0.05, 0) is 44.4 Å². The average Bonchev–Trinajstić information content (AvgIpc) is 2.78. The van der Waals surface area contributed by atoms with Crippen LogP contribution in [0.3, 0.4) is 0 Å². The Bertz CT molecular complexity index is 533. The van der Waals surface area contributed by atoms with Crippen LogP contribution in [0.25, 0.3) is 0 Å². The van der Waals surface area contributed by atoms with Gasteiger partial charge in [-0.2, -0.15) is 0 Å². The molecule has 1 aromatic heterocycles. The van der Waals surface area contributed by atoms with Crippen LogP contribution in [-0.4, -0.2) is 53.0 Å². The molecule has 0 spiro atoms. The van der Waals surface area contributed by atoms with Crippen molar-refractivity contribution in [3.63, 3.8) is 0 Å². The van der Waals surface area contributed by atoms with Crippen molar-refractivity contribution in [2.75, 3.05) is 20.1 Å². The van der Waals surface area contributed by atoms with Crippen LogP contribution in [0, 0.1) is 5.92 Å². The summed E-state index contributed by atoms with van der Waals surface area (Å²) in [7, 11) is 2.20. The Kier molecular flexibility index (Phi) is 4.85. The minimum Gasteiger partial charge on any atom is -0.329 e. The van der Waals surface area contributed by atoms with Gasteiger partial charge in [-0.25, -0.2) is 4.79 Å². The molecule has 1 aromatic rings. The minimum atomic E-state index is -0.0399. The second kappa shape index (κ2) is 6.87. The number of likely N-dealkylation sites (N-methyl/N-ethyl adjacent to an activating group) is 1. The maximum absolute atomic E-state index is 12.8. The van der Waals surface area contributed by atoms with E-state index < -0.39 is 0 Å². The van der Waals surface area contributed by atoms with Crippen molar-refractivity contribution in [1.82, 2.24) is 20.1 Å². The highest BCUT2D eigenvalue weighted by molar-refractivity contribution is 5.74. The first-order valence-electron chi connectivity index (χ1n) is 8.74. The molecule has 0 unspecified atom stereocenters. The fourth-order valence-corrected chi connectivity index (χ4v) is 3.86. The third kappa shape index (κ3) is 3.50. The molecule has 3 heterocycles. The van der Waals surface area contributed by atoms with Crippen LogP contribution in [0.2, 0.25) is 0 Å². The first-order chi connectivity index (χ1) is 11.1. The fourth-order valence-electron chi connectivity index (χ4n) is 3.86. The van der Waals surface area contributed by atoms with Gasteiger partial charge in [0, 0.05) is 31.4 Å². The molecule has 2 amide bonds. The highest BCUT2D eigenvalue weighted by Crippen LogP contribution is 2.29. The van der Waals surface area contributed by atoms with E-state index in [0.717, 1.165) is 25.2 Å². The quantitative estimate of drug-likeness (QED) is 0.932. The van der Waals surface area contributed by atoms with Crippen LogP contribution >= 0.6 is 0 Å². The number of rotatable bonds is 3. The summed E-state index contributed by atoms with van der Waals surface area (Å²) in [6.07, 6.45) is 5.35. The van der Waals surface area contributed by atoms with Gasteiger partial charge in [-0.15, -0.1) is 0 Å². The third-order valence-corrected chi connectivity index (χ3v) is 5.39. The van der Waals surface area contributed by atoms with Crippen molar-refractivity contribution >= 4 is 6.03 Å². The van der Waals surface area contributed by atoms with Crippen molar-refractivity contribution in [3.8, 4) is 0 Å². The predicted octanol–water partition coefficient (Wildman–Crippen LogP) is 2.66. The van der Waals surface area contributed by atoms with Gasteiger partial charge in [0.25, 0.3) is 0 Å². The molecule has 5 nitrogen and oxygen atoms in total. The highest BCUT2D eigenvalue weighted by atomic mass is 16.2. The van der Waals surface area contributed by atoms with E-state index >= 15 is 0 Å². The molecule has 0 aromatic carbocycles. The van der Waals surface area contributed by atoms with Gasteiger partial charge in [0.1, 0.15) is 0 Å². The molecule has 2 fully saturated rings. The second-order valence-electron chi connectivity index (χ2n) is 7.21. The summed E-state index contributed by atoms with van der Waals surface area (Å²) >= 11 is 0. The zero-order valence-electron chi connectivity index (χ0n) is 14.4. The standard InChI is InChI=1S/C18H28N4O/c1-13(2)17(16-6-4-5-10-19-16)20-18(23)22-11-9-14-7-8-15(12-22)21(14)3/h4-6,10,13-15,17H,7-9,11-12H2,1-3H3,(H,20,23)/t14-,15+,17+/m1/s1. The van der Waals surface area contributed by atoms with E-state index in [1.165, 1.54) is 12.8 Å². The molecule has 3 rings (SSSR count). The summed E-state index contributed by atoms with van der Waals surface area (Å²) in [5, 5.41) is 3.21. The zero-order chi connectivity index (χ0) is 16.4. The van der Waals surface area contributed by atoms with E-state index in [4.69, 9.17) is 0 Å². The number of carbonyl (C=O) groups excluding carboxylic acids is 1. The molecule has 2 saturated heterocycles. The Hall–Kier alpha value is -1.62. The number of fused-ring (bicyclic) bond motifs is 2. The van der Waals surface area contributed by atoms with E-state index in [2.05, 4.69) is 36.1 Å². The molecule has 3 atom stereocenters. The van der Waals surface area contributed by atoms with E-state index in [1.54, 1.807) is 6.20 Å². The van der Waals surface area contributed by atoms with Crippen LogP contribution < -0.4 is 5.32 Å². The summed E-state index contributed by atoms with van der Waals surface area (Å²) in [4.78, 5) is 21.7. The van der Waals surface area contributed by atoms with Crippen molar-refractivity contribution in [3.05, 3.63) is 30.1 Å². The molecular formula is C18H28N4O. The SMILES string of the molecule is CC(C)[C@H](NC(=O)N1CC[C@H]2CC[C@@H](C1)N2C)c1ccccn1. The van der Waals surface area contributed by atoms with Gasteiger partial charge in [-0.3, -0.25) is 9.88 Å². The lowest BCUT2D eigenvalue weighted by Gasteiger charge is -2.29. The highest BCUT2D eigenvalue weighted by Gasteiger charge is 2.36. The molecule has 2 aliphatic rings. The van der Waals surface area contributed by atoms with E-state index in [9.17, 15) is 4.79 Å². The Morgan fingerprint density at radius 3 is 2.74 bits per heavy atom. The smallest absolute Gasteiger partial charge is 0.317 e. The van der Waals surface area contributed by atoms with Crippen LogP contribution in [0.5, 0.6) is 0 Å². The maximum Gasteiger partial charge on any atom is 0.317 e. The number of pyridine rings is 1. The fraction of sp³-hybridized carbons (Fsp3) is 0.667. The predicted molar refractivity (Wildman–Crippen MR) is 91.1 cm³/mol. The van der Waals surface area contributed by atoms with Crippen LogP contribution in [0.4, 0.5) is 4.79 Å². The number of nitrogens with zero attached hydrogens (tertiary/aromatic N) is 3. The number of amides is 2. The van der Waals surface area contributed by atoms with Crippen molar-refractivity contribution in [2.45, 2.75) is 51.2 Å². The molecule has 0 radical (unpaired) electrons. The summed E-state index contributed by atoms with van der Waals surface area (Å²) in [6.45, 7) is 5.94. The molecule has 0 saturated carbocycles. The number of urea groups is 1. The Morgan fingerprint density at radius 2 is 2.04 bits per heavy atom. The van der Waals surface area contributed by atoms with E-state index in [0.29, 0.717) is 18.0 Å². The monoisotopic (exact) mass is 316 g/mol. The van der Waals surface area contributed by atoms with Crippen LogP contribution in [0.1, 0.15) is 44.8 Å². The number of likely N-dealkylation sites (tertiary alicyclic amines) is 1. The number of carbonyl (C=O) groups is 1. The number of hydrogen-bond donors (Lipinski definition) is 1. The third-order valence-electron chi connectivity index (χ3n) is 5.39. The number of hydrogen-bond acceptors (Lipinski definition) is 3. The molecule has 23 heavy (non-hydrogen) atoms. The topological polar surface area (TPSA) is 48.5 Å². The van der Waals surface area contributed by atoms with Crippen molar-refractivity contribution in [1.29, 1.82) is 0 Å². The van der Waals surface area contributed by atoms with Gasteiger partial charge in [-0.1, -0.05) is 19.9 Å². The van der Waals surface area contributed by atoms with Crippen LogP contribution in [0.15, 0.2) is 24.4 Å². The maximum atomic E-state index is 12.8. The number of nitrogens with one attached hydrogen (secondary N) is 1. The molecule has 2 aliphatic heterocycles. The molecule has 2 bridgehead atoms. The first-order valence-corrected chi connectivity index (χ1v) is 8.74. The summed E-state index contributed by atoms with van der Waals surface area (Å²) in [5.41, 5.74) is 0.935. The summed E-state index contributed by atoms with van der Waals surface area (Å²) < 4.78 is 0. The molecule has 1 N–H and O–H groups in total. The number of aromatic nitrogens is 1. The Labute approximate surface area is 139 Å². The first kappa shape index (κ1) is 16.2. The largest absolute Gasteiger partial charge is 0.329 e. The Balaban J connectivity index is 1.67. The van der Waals surface area contributed by atoms with Gasteiger partial charge in [0.2, 0.25) is 0 Å². The normalized spacial score (nSPS) is 26.2. The van der Waals surface area contributed by atoms with Gasteiger partial charge in [0.05, 0.1) is 11.7 Å². The lowest BCUT2D eigenvalue weighted by atomic mass is 10.0. The zero-order valence-corrected chi connectivity index (χ0v) is 14.4. The lowest BCUT2D eigenvalue weighted by molar-refractivity contribution is 0.181. The van der Waals surface area contributed by atoms with E-state index in [1.807, 2.05) is 23.1 Å². The van der Waals surface area contributed by atoms with Crippen molar-refractivity contribution in [2.24, 2.45) is 5.92 Å². The van der Waals surface area contributed by atoms with Crippen LogP contribution in [-0.2, 0) is 0 Å². The van der Waals surface area contributed by atoms with Gasteiger partial charge in [0.15, 0.2) is 0 Å². The lowest BCUT2D eigenvalue weighted by Crippen LogP contribution is -2.46. The van der Waals surface area contributed by atoms with Gasteiger partial charge < -0.3 is 10.2 Å². The van der Waals surface area contributed by atoms with E-state index in [-0.39, 0.29) is 12.1 Å². The molecule has 5 heteroatoms. The summed E-state index contributed by atoms with van der Waals surface area (Å²) in [6, 6.07) is 7.05. The average molecular weight is 316 g/mol. The molecular weight excluding hydrogens is 288 g/mol. The molecule has 126 valence electrons. The molecule has 0 aliphatic carbocycles.